The summed E-state index contributed by atoms with van der Waals surface area (Å²) in [5.41, 5.74) is 0.0900. The van der Waals surface area contributed by atoms with Crippen LogP contribution in [0.1, 0.15) is 30.9 Å². The molecule has 0 saturated carbocycles. The molecule has 1 aromatic carbocycles. The zero-order chi connectivity index (χ0) is 16.7. The minimum atomic E-state index is -4.46. The maximum Gasteiger partial charge on any atom is 0.407 e. The zero-order valence-corrected chi connectivity index (χ0v) is 12.7. The average Bonchev–Trinajstić information content (AvgIpc) is 3.00. The van der Waals surface area contributed by atoms with Crippen molar-refractivity contribution in [2.45, 2.75) is 37.6 Å². The number of hydrogen-bond acceptors (Lipinski definition) is 3. The molecule has 1 fully saturated rings. The van der Waals surface area contributed by atoms with Crippen LogP contribution in [0.2, 0.25) is 0 Å². The van der Waals surface area contributed by atoms with Gasteiger partial charge in [0.05, 0.1) is 12.6 Å². The number of nitrogens with one attached hydrogen (secondary N) is 2. The molecule has 2 rings (SSSR count). The van der Waals surface area contributed by atoms with Crippen LogP contribution in [0.25, 0.3) is 0 Å². The van der Waals surface area contributed by atoms with Crippen molar-refractivity contribution in [1.82, 2.24) is 10.6 Å². The molecular weight excluding hydrogens is 309 g/mol. The standard InChI is InChI=1S/C16H21F3N2O2/c17-16(18,19)15(12-5-2-1-3-6-12)21-11-14(22)20-9-8-13-7-4-10-23-13/h1-3,5-6,13,15,21H,4,7-11H2,(H,20,22)/t13-,15+/m0/s1. The first kappa shape index (κ1) is 17.7. The van der Waals surface area contributed by atoms with Gasteiger partial charge in [0.2, 0.25) is 5.91 Å². The van der Waals surface area contributed by atoms with Crippen LogP contribution >= 0.6 is 0 Å². The Morgan fingerprint density at radius 3 is 2.65 bits per heavy atom. The minimum absolute atomic E-state index is 0.0900. The van der Waals surface area contributed by atoms with Gasteiger partial charge in [-0.1, -0.05) is 30.3 Å². The molecule has 7 heteroatoms. The van der Waals surface area contributed by atoms with Crippen molar-refractivity contribution in [2.24, 2.45) is 0 Å². The van der Waals surface area contributed by atoms with Gasteiger partial charge < -0.3 is 10.1 Å². The molecule has 1 aliphatic heterocycles. The second-order valence-corrected chi connectivity index (χ2v) is 5.54. The molecule has 1 heterocycles. The summed E-state index contributed by atoms with van der Waals surface area (Å²) in [6, 6.07) is 5.65. The SMILES string of the molecule is O=C(CN[C@H](c1ccccc1)C(F)(F)F)NCC[C@@H]1CCCO1. The van der Waals surface area contributed by atoms with Gasteiger partial charge in [-0.15, -0.1) is 0 Å². The quantitative estimate of drug-likeness (QED) is 0.808. The maximum atomic E-state index is 13.1. The topological polar surface area (TPSA) is 50.4 Å². The van der Waals surface area contributed by atoms with Gasteiger partial charge in [0.25, 0.3) is 0 Å². The molecule has 1 saturated heterocycles. The van der Waals surface area contributed by atoms with Gasteiger partial charge in [0.1, 0.15) is 6.04 Å². The van der Waals surface area contributed by atoms with Crippen molar-refractivity contribution < 1.29 is 22.7 Å². The second-order valence-electron chi connectivity index (χ2n) is 5.54. The number of benzene rings is 1. The van der Waals surface area contributed by atoms with E-state index in [1.54, 1.807) is 6.07 Å². The smallest absolute Gasteiger partial charge is 0.378 e. The first-order valence-electron chi connectivity index (χ1n) is 7.70. The van der Waals surface area contributed by atoms with Crippen molar-refractivity contribution in [3.63, 3.8) is 0 Å². The molecule has 0 radical (unpaired) electrons. The Labute approximate surface area is 133 Å². The summed E-state index contributed by atoms with van der Waals surface area (Å²) in [7, 11) is 0. The van der Waals surface area contributed by atoms with Gasteiger partial charge in [-0.2, -0.15) is 13.2 Å². The number of carbonyl (C=O) groups excluding carboxylic acids is 1. The second kappa shape index (κ2) is 8.31. The number of ether oxygens (including phenoxy) is 1. The van der Waals surface area contributed by atoms with Crippen LogP contribution < -0.4 is 10.6 Å². The van der Waals surface area contributed by atoms with Crippen molar-refractivity contribution in [1.29, 1.82) is 0 Å². The molecular formula is C16H21F3N2O2. The van der Waals surface area contributed by atoms with E-state index >= 15 is 0 Å². The molecule has 128 valence electrons. The fourth-order valence-corrected chi connectivity index (χ4v) is 2.57. The number of rotatable bonds is 7. The summed E-state index contributed by atoms with van der Waals surface area (Å²) in [5.74, 6) is -0.451. The summed E-state index contributed by atoms with van der Waals surface area (Å²) in [5, 5.41) is 4.90. The molecule has 2 atom stereocenters. The number of carbonyl (C=O) groups is 1. The monoisotopic (exact) mass is 330 g/mol. The summed E-state index contributed by atoms with van der Waals surface area (Å²) in [6.07, 6.45) is -1.63. The summed E-state index contributed by atoms with van der Waals surface area (Å²) in [4.78, 5) is 11.7. The molecule has 0 aromatic heterocycles. The van der Waals surface area contributed by atoms with Crippen molar-refractivity contribution in [3.8, 4) is 0 Å². The average molecular weight is 330 g/mol. The lowest BCUT2D eigenvalue weighted by molar-refractivity contribution is -0.158. The van der Waals surface area contributed by atoms with Crippen LogP contribution in [-0.4, -0.2) is 37.9 Å². The van der Waals surface area contributed by atoms with Gasteiger partial charge >= 0.3 is 6.18 Å². The largest absolute Gasteiger partial charge is 0.407 e. The highest BCUT2D eigenvalue weighted by molar-refractivity contribution is 5.78. The molecule has 4 nitrogen and oxygen atoms in total. The molecule has 0 aliphatic carbocycles. The molecule has 0 unspecified atom stereocenters. The summed E-state index contributed by atoms with van der Waals surface area (Å²) < 4.78 is 44.7. The van der Waals surface area contributed by atoms with E-state index in [9.17, 15) is 18.0 Å². The normalized spacial score (nSPS) is 19.5. The third kappa shape index (κ3) is 5.84. The molecule has 0 bridgehead atoms. The summed E-state index contributed by atoms with van der Waals surface area (Å²) in [6.45, 7) is 0.766. The molecule has 23 heavy (non-hydrogen) atoms. The predicted molar refractivity (Wildman–Crippen MR) is 79.8 cm³/mol. The van der Waals surface area contributed by atoms with Crippen LogP contribution in [0.3, 0.4) is 0 Å². The number of hydrogen-bond donors (Lipinski definition) is 2. The van der Waals surface area contributed by atoms with Crippen LogP contribution in [0.15, 0.2) is 30.3 Å². The van der Waals surface area contributed by atoms with E-state index in [1.165, 1.54) is 24.3 Å². The Morgan fingerprint density at radius 1 is 1.30 bits per heavy atom. The molecule has 2 N–H and O–H groups in total. The lowest BCUT2D eigenvalue weighted by Gasteiger charge is -2.22. The molecule has 1 aromatic rings. The van der Waals surface area contributed by atoms with Crippen LogP contribution in [-0.2, 0) is 9.53 Å². The fraction of sp³-hybridized carbons (Fsp3) is 0.562. The fourth-order valence-electron chi connectivity index (χ4n) is 2.57. The lowest BCUT2D eigenvalue weighted by Crippen LogP contribution is -2.41. The lowest BCUT2D eigenvalue weighted by atomic mass is 10.1. The van der Waals surface area contributed by atoms with Crippen LogP contribution in [0.4, 0.5) is 13.2 Å². The molecule has 0 spiro atoms. The highest BCUT2D eigenvalue weighted by atomic mass is 19.4. The first-order chi connectivity index (χ1) is 11.0. The molecule has 1 aliphatic rings. The summed E-state index contributed by atoms with van der Waals surface area (Å²) >= 11 is 0. The number of amides is 1. The minimum Gasteiger partial charge on any atom is -0.378 e. The van der Waals surface area contributed by atoms with Crippen molar-refractivity contribution in [2.75, 3.05) is 19.7 Å². The van der Waals surface area contributed by atoms with E-state index in [-0.39, 0.29) is 18.2 Å². The highest BCUT2D eigenvalue weighted by Gasteiger charge is 2.40. The maximum absolute atomic E-state index is 13.1. The Morgan fingerprint density at radius 2 is 2.04 bits per heavy atom. The van der Waals surface area contributed by atoms with Crippen LogP contribution in [0.5, 0.6) is 0 Å². The van der Waals surface area contributed by atoms with E-state index in [0.717, 1.165) is 19.4 Å². The van der Waals surface area contributed by atoms with Gasteiger partial charge in [-0.25, -0.2) is 0 Å². The van der Waals surface area contributed by atoms with E-state index in [0.29, 0.717) is 13.0 Å². The Hall–Kier alpha value is -1.60. The van der Waals surface area contributed by atoms with Crippen LogP contribution in [0, 0.1) is 0 Å². The Balaban J connectivity index is 1.77. The molecule has 1 amide bonds. The van der Waals surface area contributed by atoms with Gasteiger partial charge in [0, 0.05) is 13.2 Å². The van der Waals surface area contributed by atoms with Crippen molar-refractivity contribution >= 4 is 5.91 Å². The van der Waals surface area contributed by atoms with E-state index in [2.05, 4.69) is 10.6 Å². The zero-order valence-electron chi connectivity index (χ0n) is 12.7. The number of halogens is 3. The first-order valence-corrected chi connectivity index (χ1v) is 7.70. The van der Waals surface area contributed by atoms with Gasteiger partial charge in [-0.3, -0.25) is 10.1 Å². The van der Waals surface area contributed by atoms with E-state index in [4.69, 9.17) is 4.74 Å². The number of alkyl halides is 3. The predicted octanol–water partition coefficient (Wildman–Crippen LogP) is 2.56. The van der Waals surface area contributed by atoms with E-state index < -0.39 is 18.1 Å². The van der Waals surface area contributed by atoms with Gasteiger partial charge in [0.15, 0.2) is 0 Å². The van der Waals surface area contributed by atoms with Crippen molar-refractivity contribution in [3.05, 3.63) is 35.9 Å². The highest BCUT2D eigenvalue weighted by Crippen LogP contribution is 2.32. The van der Waals surface area contributed by atoms with E-state index in [1.807, 2.05) is 0 Å². The third-order valence-corrected chi connectivity index (χ3v) is 3.74. The Bertz CT molecular complexity index is 488. The Kier molecular flexibility index (Phi) is 6.41. The third-order valence-electron chi connectivity index (χ3n) is 3.74. The van der Waals surface area contributed by atoms with Gasteiger partial charge in [-0.05, 0) is 24.8 Å².